The topological polar surface area (TPSA) is 50.3 Å². The Morgan fingerprint density at radius 2 is 2.05 bits per heavy atom. The van der Waals surface area contributed by atoms with Gasteiger partial charge in [-0.05, 0) is 43.7 Å². The van der Waals surface area contributed by atoms with Crippen molar-refractivity contribution in [1.82, 2.24) is 9.29 Å². The molecule has 6 heteroatoms. The van der Waals surface area contributed by atoms with Gasteiger partial charge in [0.1, 0.15) is 0 Å². The quantitative estimate of drug-likeness (QED) is 0.836. The molecule has 104 valence electrons. The molecule has 0 aromatic carbocycles. The molecule has 0 radical (unpaired) electrons. The van der Waals surface area contributed by atoms with Crippen LogP contribution in [0.5, 0.6) is 0 Å². The van der Waals surface area contributed by atoms with Crippen LogP contribution in [0.2, 0.25) is 0 Å². The summed E-state index contributed by atoms with van der Waals surface area (Å²) < 4.78 is 40.3. The zero-order chi connectivity index (χ0) is 13.5. The number of hydrogen-bond acceptors (Lipinski definition) is 3. The average molecular weight is 284 g/mol. The molecule has 4 nitrogen and oxygen atoms in total. The van der Waals surface area contributed by atoms with Crippen LogP contribution < -0.4 is 0 Å². The van der Waals surface area contributed by atoms with E-state index < -0.39 is 20.9 Å². The van der Waals surface area contributed by atoms with E-state index >= 15 is 0 Å². The Kier molecular flexibility index (Phi) is 3.30. The number of sulfonamides is 1. The molecular weight excluding hydrogens is 267 g/mol. The summed E-state index contributed by atoms with van der Waals surface area (Å²) in [6.07, 6.45) is 6.30. The Morgan fingerprint density at radius 1 is 1.26 bits per heavy atom. The molecule has 2 unspecified atom stereocenters. The van der Waals surface area contributed by atoms with E-state index in [4.69, 9.17) is 0 Å². The van der Waals surface area contributed by atoms with Crippen molar-refractivity contribution in [2.75, 3.05) is 6.54 Å². The standard InChI is InChI=1S/C13H17FN2O2S/c14-11-6-2-8-15-13(11)19(17,18)16-9-3-5-10-4-1-7-12(10)16/h2,6,8,10,12H,1,3-5,7,9H2. The van der Waals surface area contributed by atoms with Gasteiger partial charge in [-0.15, -0.1) is 0 Å². The molecule has 0 amide bonds. The van der Waals surface area contributed by atoms with Gasteiger partial charge in [-0.3, -0.25) is 0 Å². The second-order valence-corrected chi connectivity index (χ2v) is 7.11. The van der Waals surface area contributed by atoms with E-state index in [1.165, 1.54) is 16.6 Å². The summed E-state index contributed by atoms with van der Waals surface area (Å²) in [5.41, 5.74) is 0. The van der Waals surface area contributed by atoms with E-state index in [-0.39, 0.29) is 6.04 Å². The number of pyridine rings is 1. The number of hydrogen-bond donors (Lipinski definition) is 0. The molecule has 1 aliphatic heterocycles. The van der Waals surface area contributed by atoms with Gasteiger partial charge in [0.05, 0.1) is 0 Å². The Bertz CT molecular complexity index is 576. The number of piperidine rings is 1. The third kappa shape index (κ3) is 2.17. The predicted molar refractivity (Wildman–Crippen MR) is 68.4 cm³/mol. The Balaban J connectivity index is 1.98. The summed E-state index contributed by atoms with van der Waals surface area (Å²) in [5, 5.41) is -0.428. The second-order valence-electron chi connectivity index (χ2n) is 5.31. The summed E-state index contributed by atoms with van der Waals surface area (Å²) in [6, 6.07) is 2.60. The maximum absolute atomic E-state index is 13.7. The molecule has 0 bridgehead atoms. The van der Waals surface area contributed by atoms with Crippen LogP contribution in [0, 0.1) is 11.7 Å². The molecule has 3 rings (SSSR count). The first-order valence-electron chi connectivity index (χ1n) is 6.73. The highest BCUT2D eigenvalue weighted by Gasteiger charge is 2.42. The van der Waals surface area contributed by atoms with E-state index in [0.29, 0.717) is 12.5 Å². The van der Waals surface area contributed by atoms with Crippen molar-refractivity contribution in [2.24, 2.45) is 5.92 Å². The first kappa shape index (κ1) is 13.0. The minimum atomic E-state index is -3.80. The van der Waals surface area contributed by atoms with Crippen LogP contribution in [0.3, 0.4) is 0 Å². The third-order valence-electron chi connectivity index (χ3n) is 4.22. The van der Waals surface area contributed by atoms with E-state index in [9.17, 15) is 12.8 Å². The molecule has 19 heavy (non-hydrogen) atoms. The molecular formula is C13H17FN2O2S. The number of nitrogens with zero attached hydrogens (tertiary/aromatic N) is 2. The second kappa shape index (κ2) is 4.83. The molecule has 0 N–H and O–H groups in total. The van der Waals surface area contributed by atoms with Crippen molar-refractivity contribution in [3.63, 3.8) is 0 Å². The van der Waals surface area contributed by atoms with Gasteiger partial charge in [0.15, 0.2) is 5.82 Å². The molecule has 1 saturated carbocycles. The number of halogens is 1. The lowest BCUT2D eigenvalue weighted by molar-refractivity contribution is 0.201. The largest absolute Gasteiger partial charge is 0.263 e. The van der Waals surface area contributed by atoms with Gasteiger partial charge >= 0.3 is 0 Å². The molecule has 2 heterocycles. The lowest BCUT2D eigenvalue weighted by atomic mass is 9.94. The fourth-order valence-corrected chi connectivity index (χ4v) is 5.11. The van der Waals surface area contributed by atoms with Gasteiger partial charge in [0, 0.05) is 18.8 Å². The van der Waals surface area contributed by atoms with Gasteiger partial charge in [0.25, 0.3) is 10.0 Å². The van der Waals surface area contributed by atoms with Crippen molar-refractivity contribution < 1.29 is 12.8 Å². The molecule has 1 aromatic rings. The number of fused-ring (bicyclic) bond motifs is 1. The van der Waals surface area contributed by atoms with Gasteiger partial charge in [-0.2, -0.15) is 4.31 Å². The van der Waals surface area contributed by atoms with E-state index in [1.54, 1.807) is 0 Å². The number of aromatic nitrogens is 1. The van der Waals surface area contributed by atoms with Crippen molar-refractivity contribution in [3.05, 3.63) is 24.1 Å². The smallest absolute Gasteiger partial charge is 0.241 e. The average Bonchev–Trinajstić information content (AvgIpc) is 2.86. The van der Waals surface area contributed by atoms with Gasteiger partial charge in [-0.25, -0.2) is 17.8 Å². The van der Waals surface area contributed by atoms with E-state index in [1.807, 2.05) is 0 Å². The zero-order valence-corrected chi connectivity index (χ0v) is 11.4. The van der Waals surface area contributed by atoms with Gasteiger partial charge in [-0.1, -0.05) is 6.42 Å². The lowest BCUT2D eigenvalue weighted by Crippen LogP contribution is -2.46. The monoisotopic (exact) mass is 284 g/mol. The normalized spacial score (nSPS) is 28.3. The first-order chi connectivity index (χ1) is 9.10. The summed E-state index contributed by atoms with van der Waals surface area (Å²) in [7, 11) is -3.80. The maximum Gasteiger partial charge on any atom is 0.263 e. The first-order valence-corrected chi connectivity index (χ1v) is 8.17. The SMILES string of the molecule is O=S(=O)(c1ncccc1F)N1CCCC2CCCC21. The molecule has 1 aromatic heterocycles. The molecule has 2 fully saturated rings. The fraction of sp³-hybridized carbons (Fsp3) is 0.615. The molecule has 1 aliphatic carbocycles. The molecule has 0 spiro atoms. The van der Waals surface area contributed by atoms with Crippen molar-refractivity contribution in [3.8, 4) is 0 Å². The number of rotatable bonds is 2. The minimum Gasteiger partial charge on any atom is -0.241 e. The maximum atomic E-state index is 13.7. The summed E-state index contributed by atoms with van der Waals surface area (Å²) in [6.45, 7) is 0.486. The predicted octanol–water partition coefficient (Wildman–Crippen LogP) is 2.17. The zero-order valence-electron chi connectivity index (χ0n) is 10.6. The molecule has 2 aliphatic rings. The molecule has 1 saturated heterocycles. The van der Waals surface area contributed by atoms with Crippen molar-refractivity contribution >= 4 is 10.0 Å². The van der Waals surface area contributed by atoms with Crippen LogP contribution in [0.25, 0.3) is 0 Å². The highest BCUT2D eigenvalue weighted by molar-refractivity contribution is 7.89. The van der Waals surface area contributed by atoms with Crippen LogP contribution in [-0.2, 0) is 10.0 Å². The highest BCUT2D eigenvalue weighted by atomic mass is 32.2. The van der Waals surface area contributed by atoms with E-state index in [0.717, 1.165) is 38.2 Å². The lowest BCUT2D eigenvalue weighted by Gasteiger charge is -2.36. The highest BCUT2D eigenvalue weighted by Crippen LogP contribution is 2.39. The van der Waals surface area contributed by atoms with Gasteiger partial charge in [0.2, 0.25) is 5.03 Å². The van der Waals surface area contributed by atoms with Crippen LogP contribution in [-0.4, -0.2) is 30.3 Å². The Labute approximate surface area is 112 Å². The van der Waals surface area contributed by atoms with Crippen LogP contribution in [0.15, 0.2) is 23.4 Å². The van der Waals surface area contributed by atoms with Crippen molar-refractivity contribution in [2.45, 2.75) is 43.2 Å². The van der Waals surface area contributed by atoms with Crippen LogP contribution >= 0.6 is 0 Å². The third-order valence-corrected chi connectivity index (χ3v) is 6.08. The summed E-state index contributed by atoms with van der Waals surface area (Å²) in [4.78, 5) is 3.73. The minimum absolute atomic E-state index is 0.0418. The molecule has 2 atom stereocenters. The summed E-state index contributed by atoms with van der Waals surface area (Å²) >= 11 is 0. The van der Waals surface area contributed by atoms with Crippen molar-refractivity contribution in [1.29, 1.82) is 0 Å². The van der Waals surface area contributed by atoms with Gasteiger partial charge < -0.3 is 0 Å². The Morgan fingerprint density at radius 3 is 2.84 bits per heavy atom. The fourth-order valence-electron chi connectivity index (χ4n) is 3.38. The summed E-state index contributed by atoms with van der Waals surface area (Å²) in [5.74, 6) is -0.321. The van der Waals surface area contributed by atoms with Crippen LogP contribution in [0.1, 0.15) is 32.1 Å². The van der Waals surface area contributed by atoms with E-state index in [2.05, 4.69) is 4.98 Å². The van der Waals surface area contributed by atoms with Crippen LogP contribution in [0.4, 0.5) is 4.39 Å². The Hall–Kier alpha value is -1.01.